The van der Waals surface area contributed by atoms with Crippen molar-refractivity contribution in [3.05, 3.63) is 24.3 Å². The third kappa shape index (κ3) is 3.01. The van der Waals surface area contributed by atoms with Crippen LogP contribution in [0.25, 0.3) is 0 Å². The van der Waals surface area contributed by atoms with E-state index in [2.05, 4.69) is 30.1 Å². The average molecular weight is 262 g/mol. The van der Waals surface area contributed by atoms with Crippen molar-refractivity contribution >= 4 is 5.69 Å². The number of benzene rings is 1. The van der Waals surface area contributed by atoms with E-state index in [1.807, 2.05) is 18.2 Å². The third-order valence-electron chi connectivity index (χ3n) is 3.67. The van der Waals surface area contributed by atoms with Crippen LogP contribution in [0.15, 0.2) is 24.3 Å². The maximum Gasteiger partial charge on any atom is 0.142 e. The molecule has 0 aromatic heterocycles. The summed E-state index contributed by atoms with van der Waals surface area (Å²) >= 11 is 0. The zero-order valence-corrected chi connectivity index (χ0v) is 11.7. The van der Waals surface area contributed by atoms with E-state index in [1.165, 1.54) is 0 Å². The summed E-state index contributed by atoms with van der Waals surface area (Å²) < 4.78 is 11.8. The van der Waals surface area contributed by atoms with Crippen LogP contribution in [0.3, 0.4) is 0 Å². The lowest BCUT2D eigenvalue weighted by molar-refractivity contribution is -0.0914. The molecule has 0 spiro atoms. The smallest absolute Gasteiger partial charge is 0.142 e. The van der Waals surface area contributed by atoms with Crippen molar-refractivity contribution in [2.45, 2.75) is 25.6 Å². The van der Waals surface area contributed by atoms with Crippen molar-refractivity contribution in [2.24, 2.45) is 0 Å². The minimum absolute atomic E-state index is 0.0434. The van der Waals surface area contributed by atoms with Gasteiger partial charge >= 0.3 is 0 Å². The molecule has 1 fully saturated rings. The number of rotatable bonds is 2. The minimum atomic E-state index is -0.0434. The molecule has 1 unspecified atom stereocenters. The molecule has 1 atom stereocenters. The molecule has 1 N–H and O–H groups in total. The first-order valence-electron chi connectivity index (χ1n) is 6.98. The highest BCUT2D eigenvalue weighted by atomic mass is 16.5. The second-order valence-corrected chi connectivity index (χ2v) is 5.96. The van der Waals surface area contributed by atoms with E-state index < -0.39 is 0 Å². The van der Waals surface area contributed by atoms with Gasteiger partial charge in [-0.05, 0) is 26.0 Å². The molecule has 0 saturated carbocycles. The summed E-state index contributed by atoms with van der Waals surface area (Å²) in [6.07, 6.45) is 0.212. The van der Waals surface area contributed by atoms with Crippen LogP contribution in [0.2, 0.25) is 0 Å². The Kier molecular flexibility index (Phi) is 3.37. The largest absolute Gasteiger partial charge is 0.485 e. The molecule has 0 aliphatic carbocycles. The van der Waals surface area contributed by atoms with Gasteiger partial charge in [-0.1, -0.05) is 12.1 Å². The Morgan fingerprint density at radius 2 is 2.21 bits per heavy atom. The summed E-state index contributed by atoms with van der Waals surface area (Å²) in [4.78, 5) is 2.43. The van der Waals surface area contributed by atoms with Crippen molar-refractivity contribution in [1.29, 1.82) is 0 Å². The van der Waals surface area contributed by atoms with Gasteiger partial charge in [-0.25, -0.2) is 0 Å². The fourth-order valence-corrected chi connectivity index (χ4v) is 2.82. The molecule has 104 valence electrons. The van der Waals surface area contributed by atoms with Crippen LogP contribution in [0.1, 0.15) is 13.8 Å². The Morgan fingerprint density at radius 1 is 1.37 bits per heavy atom. The lowest BCUT2D eigenvalue weighted by Crippen LogP contribution is -2.52. The van der Waals surface area contributed by atoms with Gasteiger partial charge in [-0.2, -0.15) is 0 Å². The SMILES string of the molecule is CC1(C)CN(CC2CNc3ccccc3O2)CCO1. The van der Waals surface area contributed by atoms with E-state index in [9.17, 15) is 0 Å². The summed E-state index contributed by atoms with van der Waals surface area (Å²) in [6, 6.07) is 8.13. The highest BCUT2D eigenvalue weighted by Gasteiger charge is 2.29. The summed E-state index contributed by atoms with van der Waals surface area (Å²) in [7, 11) is 0. The first-order valence-corrected chi connectivity index (χ1v) is 6.98. The highest BCUT2D eigenvalue weighted by molar-refractivity contribution is 5.57. The van der Waals surface area contributed by atoms with Crippen molar-refractivity contribution < 1.29 is 9.47 Å². The number of nitrogens with one attached hydrogen (secondary N) is 1. The second-order valence-electron chi connectivity index (χ2n) is 5.96. The summed E-state index contributed by atoms with van der Waals surface area (Å²) in [6.45, 7) is 8.88. The molecule has 19 heavy (non-hydrogen) atoms. The Balaban J connectivity index is 1.60. The Bertz CT molecular complexity index is 448. The lowest BCUT2D eigenvalue weighted by atomic mass is 10.1. The lowest BCUT2D eigenvalue weighted by Gasteiger charge is -2.40. The van der Waals surface area contributed by atoms with Crippen LogP contribution < -0.4 is 10.1 Å². The van der Waals surface area contributed by atoms with E-state index >= 15 is 0 Å². The van der Waals surface area contributed by atoms with E-state index in [0.717, 1.165) is 44.2 Å². The molecule has 2 aliphatic heterocycles. The Hall–Kier alpha value is -1.26. The fraction of sp³-hybridized carbons (Fsp3) is 0.600. The van der Waals surface area contributed by atoms with Gasteiger partial charge in [-0.3, -0.25) is 4.90 Å². The number of hydrogen-bond donors (Lipinski definition) is 1. The van der Waals surface area contributed by atoms with Crippen molar-refractivity contribution in [3.63, 3.8) is 0 Å². The van der Waals surface area contributed by atoms with Gasteiger partial charge in [-0.15, -0.1) is 0 Å². The number of para-hydroxylation sites is 2. The number of ether oxygens (including phenoxy) is 2. The number of hydrogen-bond acceptors (Lipinski definition) is 4. The van der Waals surface area contributed by atoms with Crippen LogP contribution in [0.5, 0.6) is 5.75 Å². The maximum absolute atomic E-state index is 6.06. The predicted octanol–water partition coefficient (Wildman–Crippen LogP) is 1.97. The molecule has 1 saturated heterocycles. The number of fused-ring (bicyclic) bond motifs is 1. The average Bonchev–Trinajstić information content (AvgIpc) is 2.37. The molecule has 0 amide bonds. The van der Waals surface area contributed by atoms with Gasteiger partial charge in [0.2, 0.25) is 0 Å². The van der Waals surface area contributed by atoms with Crippen LogP contribution in [0.4, 0.5) is 5.69 Å². The normalized spacial score (nSPS) is 26.1. The van der Waals surface area contributed by atoms with Gasteiger partial charge in [0, 0.05) is 19.6 Å². The van der Waals surface area contributed by atoms with Gasteiger partial charge in [0.1, 0.15) is 11.9 Å². The summed E-state index contributed by atoms with van der Waals surface area (Å²) in [5.74, 6) is 0.964. The molecule has 3 rings (SSSR count). The molecule has 0 bridgehead atoms. The summed E-state index contributed by atoms with van der Waals surface area (Å²) in [5, 5.41) is 3.44. The Morgan fingerprint density at radius 3 is 3.05 bits per heavy atom. The monoisotopic (exact) mass is 262 g/mol. The van der Waals surface area contributed by atoms with Crippen LogP contribution in [-0.2, 0) is 4.74 Å². The summed E-state index contributed by atoms with van der Waals surface area (Å²) in [5.41, 5.74) is 1.05. The highest BCUT2D eigenvalue weighted by Crippen LogP contribution is 2.28. The van der Waals surface area contributed by atoms with Gasteiger partial charge in [0.05, 0.1) is 24.4 Å². The molecule has 2 heterocycles. The van der Waals surface area contributed by atoms with Gasteiger partial charge < -0.3 is 14.8 Å². The molecule has 1 aromatic carbocycles. The van der Waals surface area contributed by atoms with Crippen LogP contribution in [0, 0.1) is 0 Å². The molecule has 2 aliphatic rings. The zero-order chi connectivity index (χ0) is 13.3. The maximum atomic E-state index is 6.06. The van der Waals surface area contributed by atoms with E-state index in [4.69, 9.17) is 9.47 Å². The van der Waals surface area contributed by atoms with Crippen molar-refractivity contribution in [2.75, 3.05) is 38.1 Å². The van der Waals surface area contributed by atoms with E-state index in [1.54, 1.807) is 0 Å². The molecule has 0 radical (unpaired) electrons. The quantitative estimate of drug-likeness (QED) is 0.883. The zero-order valence-electron chi connectivity index (χ0n) is 11.7. The predicted molar refractivity (Wildman–Crippen MR) is 75.8 cm³/mol. The van der Waals surface area contributed by atoms with E-state index in [0.29, 0.717) is 0 Å². The number of anilines is 1. The molecular formula is C15H22N2O2. The fourth-order valence-electron chi connectivity index (χ4n) is 2.82. The van der Waals surface area contributed by atoms with Crippen molar-refractivity contribution in [3.8, 4) is 5.75 Å². The minimum Gasteiger partial charge on any atom is -0.485 e. The standard InChI is InChI=1S/C15H22N2O2/c1-15(2)11-17(7-8-18-15)10-12-9-16-13-5-3-4-6-14(13)19-12/h3-6,12,16H,7-11H2,1-2H3. The topological polar surface area (TPSA) is 33.7 Å². The van der Waals surface area contributed by atoms with E-state index in [-0.39, 0.29) is 11.7 Å². The molecule has 1 aromatic rings. The second kappa shape index (κ2) is 5.02. The third-order valence-corrected chi connectivity index (χ3v) is 3.67. The van der Waals surface area contributed by atoms with Gasteiger partial charge in [0.25, 0.3) is 0 Å². The first-order chi connectivity index (χ1) is 9.12. The number of morpholine rings is 1. The first kappa shape index (κ1) is 12.8. The molecule has 4 heteroatoms. The Labute approximate surface area is 114 Å². The van der Waals surface area contributed by atoms with Crippen molar-refractivity contribution in [1.82, 2.24) is 4.90 Å². The molecule has 4 nitrogen and oxygen atoms in total. The number of nitrogens with zero attached hydrogens (tertiary/aromatic N) is 1. The van der Waals surface area contributed by atoms with Crippen LogP contribution >= 0.6 is 0 Å². The van der Waals surface area contributed by atoms with Crippen LogP contribution in [-0.4, -0.2) is 49.4 Å². The van der Waals surface area contributed by atoms with Gasteiger partial charge in [0.15, 0.2) is 0 Å². The molecular weight excluding hydrogens is 240 g/mol.